The van der Waals surface area contributed by atoms with Crippen molar-refractivity contribution in [2.24, 2.45) is 0 Å². The zero-order valence-electron chi connectivity index (χ0n) is 9.23. The molecule has 1 heterocycles. The van der Waals surface area contributed by atoms with Gasteiger partial charge in [0, 0.05) is 0 Å². The molecule has 0 saturated carbocycles. The molecule has 1 aromatic heterocycles. The van der Waals surface area contributed by atoms with Gasteiger partial charge in [-0.05, 0) is 39.0 Å². The van der Waals surface area contributed by atoms with Gasteiger partial charge in [-0.25, -0.2) is 4.79 Å². The molecule has 0 N–H and O–H groups in total. The van der Waals surface area contributed by atoms with Crippen LogP contribution in [0.5, 0.6) is 5.19 Å². The Bertz CT molecular complexity index is 343. The minimum Gasteiger partial charge on any atom is -0.463 e. The monoisotopic (exact) mass is 230 g/mol. The highest BCUT2D eigenvalue weighted by Crippen LogP contribution is 2.22. The molecule has 0 aliphatic rings. The molecule has 15 heavy (non-hydrogen) atoms. The molecule has 0 aliphatic carbocycles. The van der Waals surface area contributed by atoms with Gasteiger partial charge in [-0.15, -0.1) is 5.10 Å². The van der Waals surface area contributed by atoms with E-state index in [1.807, 2.05) is 20.8 Å². The van der Waals surface area contributed by atoms with Crippen molar-refractivity contribution >= 4 is 17.3 Å². The maximum Gasteiger partial charge on any atom is 0.369 e. The van der Waals surface area contributed by atoms with Gasteiger partial charge in [0.05, 0.1) is 6.61 Å². The zero-order chi connectivity index (χ0) is 11.5. The van der Waals surface area contributed by atoms with Crippen LogP contribution >= 0.6 is 11.3 Å². The number of aromatic nitrogens is 2. The summed E-state index contributed by atoms with van der Waals surface area (Å²) in [6.07, 6.45) is 0. The van der Waals surface area contributed by atoms with E-state index in [1.165, 1.54) is 0 Å². The lowest BCUT2D eigenvalue weighted by atomic mass is 10.2. The Morgan fingerprint density at radius 2 is 2.07 bits per heavy atom. The molecule has 1 rings (SSSR count). The molecule has 5 nitrogen and oxygen atoms in total. The Labute approximate surface area is 92.4 Å². The van der Waals surface area contributed by atoms with Crippen LogP contribution in [-0.4, -0.2) is 28.4 Å². The molecule has 0 unspecified atom stereocenters. The van der Waals surface area contributed by atoms with Crippen LogP contribution in [-0.2, 0) is 4.74 Å². The summed E-state index contributed by atoms with van der Waals surface area (Å²) in [6, 6.07) is 0. The lowest BCUT2D eigenvalue weighted by Gasteiger charge is -2.17. The third-order valence-electron chi connectivity index (χ3n) is 1.25. The fraction of sp³-hybridized carbons (Fsp3) is 0.667. The second-order valence-corrected chi connectivity index (χ2v) is 4.75. The normalized spacial score (nSPS) is 11.2. The smallest absolute Gasteiger partial charge is 0.369 e. The predicted octanol–water partition coefficient (Wildman–Crippen LogP) is 1.89. The number of rotatable bonds is 3. The Morgan fingerprint density at radius 1 is 1.40 bits per heavy atom. The molecule has 0 spiro atoms. The van der Waals surface area contributed by atoms with Crippen LogP contribution in [0.15, 0.2) is 0 Å². The van der Waals surface area contributed by atoms with E-state index in [4.69, 9.17) is 9.47 Å². The molecular weight excluding hydrogens is 216 g/mol. The molecule has 1 aromatic rings. The van der Waals surface area contributed by atoms with E-state index in [1.54, 1.807) is 6.92 Å². The Morgan fingerprint density at radius 3 is 2.60 bits per heavy atom. The number of hydrogen-bond acceptors (Lipinski definition) is 6. The molecule has 0 saturated heterocycles. The van der Waals surface area contributed by atoms with Crippen molar-refractivity contribution in [1.82, 2.24) is 10.2 Å². The minimum atomic E-state index is -0.459. The molecule has 0 bridgehead atoms. The summed E-state index contributed by atoms with van der Waals surface area (Å²) in [6.45, 7) is 7.77. The Hall–Kier alpha value is -1.17. The van der Waals surface area contributed by atoms with Crippen LogP contribution in [0.2, 0.25) is 0 Å². The van der Waals surface area contributed by atoms with E-state index in [0.29, 0.717) is 11.8 Å². The second-order valence-electron chi connectivity index (χ2n) is 3.81. The summed E-state index contributed by atoms with van der Waals surface area (Å²) in [5.74, 6) is -0.459. The van der Waals surface area contributed by atoms with Crippen LogP contribution in [0.25, 0.3) is 0 Å². The van der Waals surface area contributed by atoms with Crippen molar-refractivity contribution in [3.05, 3.63) is 5.01 Å². The molecule has 0 aliphatic heterocycles. The number of carbonyl (C=O) groups is 1. The van der Waals surface area contributed by atoms with E-state index in [9.17, 15) is 4.79 Å². The molecular formula is C9H14N2O3S. The van der Waals surface area contributed by atoms with Crippen LogP contribution in [0.3, 0.4) is 0 Å². The number of hydrogen-bond donors (Lipinski definition) is 0. The second kappa shape index (κ2) is 4.57. The molecule has 0 fully saturated rings. The lowest BCUT2D eigenvalue weighted by Crippen LogP contribution is -2.22. The quantitative estimate of drug-likeness (QED) is 0.742. The van der Waals surface area contributed by atoms with Gasteiger partial charge < -0.3 is 9.47 Å². The van der Waals surface area contributed by atoms with E-state index >= 15 is 0 Å². The van der Waals surface area contributed by atoms with Crippen molar-refractivity contribution in [2.45, 2.75) is 33.3 Å². The minimum absolute atomic E-state index is 0.219. The van der Waals surface area contributed by atoms with Gasteiger partial charge in [-0.1, -0.05) is 5.10 Å². The fourth-order valence-corrected chi connectivity index (χ4v) is 1.55. The fourth-order valence-electron chi connectivity index (χ4n) is 0.788. The molecule has 0 aromatic carbocycles. The predicted molar refractivity (Wildman–Crippen MR) is 56.2 cm³/mol. The highest BCUT2D eigenvalue weighted by Gasteiger charge is 2.18. The summed E-state index contributed by atoms with van der Waals surface area (Å²) in [7, 11) is 0. The first-order valence-electron chi connectivity index (χ1n) is 4.62. The standard InChI is InChI=1S/C9H14N2O3S/c1-5-13-7(12)6-10-11-8(15-6)14-9(2,3)4/h5H2,1-4H3. The van der Waals surface area contributed by atoms with Crippen LogP contribution < -0.4 is 4.74 Å². The number of ether oxygens (including phenoxy) is 2. The number of nitrogens with zero attached hydrogens (tertiary/aromatic N) is 2. The van der Waals surface area contributed by atoms with Gasteiger partial charge in [-0.2, -0.15) is 0 Å². The van der Waals surface area contributed by atoms with Crippen molar-refractivity contribution in [1.29, 1.82) is 0 Å². The number of esters is 1. The average molecular weight is 230 g/mol. The zero-order valence-corrected chi connectivity index (χ0v) is 10.1. The summed E-state index contributed by atoms with van der Waals surface area (Å²) in [5.41, 5.74) is -0.342. The molecule has 0 radical (unpaired) electrons. The number of carbonyl (C=O) groups excluding carboxylic acids is 1. The first-order chi connectivity index (χ1) is 6.92. The summed E-state index contributed by atoms with van der Waals surface area (Å²) >= 11 is 1.09. The van der Waals surface area contributed by atoms with Crippen molar-refractivity contribution in [3.8, 4) is 5.19 Å². The molecule has 0 atom stereocenters. The highest BCUT2D eigenvalue weighted by molar-refractivity contribution is 7.14. The van der Waals surface area contributed by atoms with Crippen LogP contribution in [0.4, 0.5) is 0 Å². The van der Waals surface area contributed by atoms with Crippen LogP contribution in [0, 0.1) is 0 Å². The first-order valence-corrected chi connectivity index (χ1v) is 5.43. The van der Waals surface area contributed by atoms with Gasteiger partial charge in [0.1, 0.15) is 5.60 Å². The van der Waals surface area contributed by atoms with E-state index in [2.05, 4.69) is 10.2 Å². The van der Waals surface area contributed by atoms with E-state index in [-0.39, 0.29) is 10.6 Å². The van der Waals surface area contributed by atoms with E-state index < -0.39 is 5.97 Å². The Balaban J connectivity index is 2.68. The topological polar surface area (TPSA) is 61.3 Å². The summed E-state index contributed by atoms with van der Waals surface area (Å²) < 4.78 is 10.2. The third-order valence-corrected chi connectivity index (χ3v) is 2.03. The maximum absolute atomic E-state index is 11.3. The summed E-state index contributed by atoms with van der Waals surface area (Å²) in [5, 5.41) is 8.04. The van der Waals surface area contributed by atoms with Gasteiger partial charge in [0.15, 0.2) is 0 Å². The average Bonchev–Trinajstić information content (AvgIpc) is 2.50. The van der Waals surface area contributed by atoms with Crippen LogP contribution in [0.1, 0.15) is 37.5 Å². The highest BCUT2D eigenvalue weighted by atomic mass is 32.1. The van der Waals surface area contributed by atoms with E-state index in [0.717, 1.165) is 11.3 Å². The largest absolute Gasteiger partial charge is 0.463 e. The molecule has 6 heteroatoms. The van der Waals surface area contributed by atoms with Gasteiger partial charge in [-0.3, -0.25) is 0 Å². The summed E-state index contributed by atoms with van der Waals surface area (Å²) in [4.78, 5) is 11.3. The molecule has 84 valence electrons. The van der Waals surface area contributed by atoms with Gasteiger partial charge in [0.2, 0.25) is 5.01 Å². The lowest BCUT2D eigenvalue weighted by molar-refractivity contribution is 0.0525. The first kappa shape index (κ1) is 11.9. The van der Waals surface area contributed by atoms with Crippen molar-refractivity contribution in [3.63, 3.8) is 0 Å². The Kier molecular flexibility index (Phi) is 3.62. The maximum atomic E-state index is 11.3. The van der Waals surface area contributed by atoms with Gasteiger partial charge in [0.25, 0.3) is 5.19 Å². The van der Waals surface area contributed by atoms with Crippen molar-refractivity contribution < 1.29 is 14.3 Å². The van der Waals surface area contributed by atoms with Gasteiger partial charge >= 0.3 is 5.97 Å². The third kappa shape index (κ3) is 3.83. The molecule has 0 amide bonds. The van der Waals surface area contributed by atoms with Crippen molar-refractivity contribution in [2.75, 3.05) is 6.61 Å². The SMILES string of the molecule is CCOC(=O)c1nnc(OC(C)(C)C)s1.